The maximum Gasteiger partial charge on any atom is 0.278 e. The number of rotatable bonds is 5. The maximum absolute atomic E-state index is 13.3. The highest BCUT2D eigenvalue weighted by atomic mass is 19.3. The number of halogens is 5. The first-order valence-corrected chi connectivity index (χ1v) is 6.87. The molecule has 0 unspecified atom stereocenters. The van der Waals surface area contributed by atoms with Crippen LogP contribution in [-0.2, 0) is 6.42 Å². The monoisotopic (exact) mass is 340 g/mol. The molecule has 7 heteroatoms. The first kappa shape index (κ1) is 17.7. The molecule has 0 aliphatic rings. The smallest absolute Gasteiger partial charge is 0.278 e. The number of aliphatic imine (C=N–C) groups is 1. The van der Waals surface area contributed by atoms with Crippen LogP contribution in [0.25, 0.3) is 0 Å². The Bertz CT molecular complexity index is 747. The van der Waals surface area contributed by atoms with Crippen LogP contribution in [0.15, 0.2) is 58.7 Å². The van der Waals surface area contributed by atoms with Gasteiger partial charge in [-0.05, 0) is 35.4 Å². The first-order chi connectivity index (χ1) is 11.4. The Hall–Kier alpha value is -2.70. The summed E-state index contributed by atoms with van der Waals surface area (Å²) in [6.07, 6.45) is -2.17. The van der Waals surface area contributed by atoms with E-state index >= 15 is 0 Å². The van der Waals surface area contributed by atoms with E-state index < -0.39 is 29.6 Å². The molecule has 0 bridgehead atoms. The number of hydrogen-bond acceptors (Lipinski definition) is 2. The molecule has 2 rings (SSSR count). The van der Waals surface area contributed by atoms with Gasteiger partial charge in [0.1, 0.15) is 0 Å². The van der Waals surface area contributed by atoms with E-state index in [1.165, 1.54) is 0 Å². The summed E-state index contributed by atoms with van der Waals surface area (Å²) in [5.74, 6) is -4.43. The Balaban J connectivity index is 2.35. The molecule has 2 aromatic carbocycles. The lowest BCUT2D eigenvalue weighted by atomic mass is 10.0. The van der Waals surface area contributed by atoms with Crippen LogP contribution in [0, 0.1) is 17.5 Å². The van der Waals surface area contributed by atoms with Crippen molar-refractivity contribution >= 4 is 11.9 Å². The Morgan fingerprint density at radius 2 is 1.62 bits per heavy atom. The summed E-state index contributed by atoms with van der Waals surface area (Å²) in [5.41, 5.74) is 4.94. The van der Waals surface area contributed by atoms with E-state index in [0.717, 1.165) is 18.3 Å². The number of hydrogen-bond donors (Lipinski definition) is 1. The van der Waals surface area contributed by atoms with E-state index in [0.29, 0.717) is 5.69 Å². The molecular weight excluding hydrogens is 327 g/mol. The molecule has 0 atom stereocenters. The number of nitrogens with zero attached hydrogens (tertiary/aromatic N) is 1. The molecular formula is C17H13F5N2. The normalized spacial score (nSPS) is 12.8. The second-order valence-electron chi connectivity index (χ2n) is 4.93. The first-order valence-electron chi connectivity index (χ1n) is 6.87. The average molecular weight is 340 g/mol. The molecule has 2 aromatic rings. The average Bonchev–Trinajstić information content (AvgIpc) is 2.56. The van der Waals surface area contributed by atoms with Gasteiger partial charge in [0.15, 0.2) is 17.5 Å². The van der Waals surface area contributed by atoms with Crippen molar-refractivity contribution in [1.82, 2.24) is 0 Å². The molecule has 0 aromatic heterocycles. The number of nitrogens with two attached hydrogens (primary N) is 1. The highest BCUT2D eigenvalue weighted by molar-refractivity contribution is 5.82. The molecule has 2 nitrogen and oxygen atoms in total. The summed E-state index contributed by atoms with van der Waals surface area (Å²) in [4.78, 5) is 4.01. The third-order valence-corrected chi connectivity index (χ3v) is 3.17. The third-order valence-electron chi connectivity index (χ3n) is 3.17. The number of allylic oxidation sites excluding steroid dienone is 2. The van der Waals surface area contributed by atoms with Gasteiger partial charge in [0.25, 0.3) is 6.43 Å². The van der Waals surface area contributed by atoms with E-state index in [1.54, 1.807) is 30.3 Å². The minimum atomic E-state index is -2.96. The van der Waals surface area contributed by atoms with Crippen molar-refractivity contribution in [1.29, 1.82) is 0 Å². The van der Waals surface area contributed by atoms with Gasteiger partial charge in [-0.25, -0.2) is 22.0 Å². The fourth-order valence-corrected chi connectivity index (χ4v) is 1.96. The Morgan fingerprint density at radius 1 is 1.04 bits per heavy atom. The molecule has 0 saturated carbocycles. The summed E-state index contributed by atoms with van der Waals surface area (Å²) < 4.78 is 65.2. The molecule has 0 aliphatic carbocycles. The van der Waals surface area contributed by atoms with E-state index in [1.807, 2.05) is 0 Å². The zero-order valence-electron chi connectivity index (χ0n) is 12.3. The predicted octanol–water partition coefficient (Wildman–Crippen LogP) is 4.53. The van der Waals surface area contributed by atoms with Crippen molar-refractivity contribution < 1.29 is 22.0 Å². The molecule has 0 aliphatic heterocycles. The fraction of sp³-hybridized carbons (Fsp3) is 0.118. The van der Waals surface area contributed by atoms with Crippen LogP contribution >= 0.6 is 0 Å². The number of benzene rings is 2. The molecule has 0 heterocycles. The Morgan fingerprint density at radius 3 is 2.17 bits per heavy atom. The fourth-order valence-electron chi connectivity index (χ4n) is 1.96. The summed E-state index contributed by atoms with van der Waals surface area (Å²) in [6, 6.07) is 9.91. The highest BCUT2D eigenvalue weighted by Gasteiger charge is 2.15. The largest absolute Gasteiger partial charge is 0.397 e. The van der Waals surface area contributed by atoms with Gasteiger partial charge in [0.2, 0.25) is 0 Å². The molecule has 24 heavy (non-hydrogen) atoms. The van der Waals surface area contributed by atoms with E-state index in [-0.39, 0.29) is 17.6 Å². The van der Waals surface area contributed by atoms with Gasteiger partial charge in [0, 0.05) is 12.6 Å². The van der Waals surface area contributed by atoms with E-state index in [2.05, 4.69) is 4.99 Å². The number of para-hydroxylation sites is 1. The van der Waals surface area contributed by atoms with Gasteiger partial charge in [-0.3, -0.25) is 4.99 Å². The third kappa shape index (κ3) is 4.41. The Kier molecular flexibility index (Phi) is 5.68. The second-order valence-corrected chi connectivity index (χ2v) is 4.93. The van der Waals surface area contributed by atoms with Crippen LogP contribution in [-0.4, -0.2) is 12.6 Å². The molecule has 0 fully saturated rings. The van der Waals surface area contributed by atoms with Crippen molar-refractivity contribution in [3.05, 3.63) is 76.7 Å². The van der Waals surface area contributed by atoms with Gasteiger partial charge in [0.05, 0.1) is 11.4 Å². The van der Waals surface area contributed by atoms with Crippen molar-refractivity contribution in [3.63, 3.8) is 0 Å². The van der Waals surface area contributed by atoms with E-state index in [4.69, 9.17) is 5.73 Å². The topological polar surface area (TPSA) is 38.4 Å². The molecule has 0 spiro atoms. The van der Waals surface area contributed by atoms with Gasteiger partial charge in [-0.2, -0.15) is 0 Å². The highest BCUT2D eigenvalue weighted by Crippen LogP contribution is 2.19. The lowest BCUT2D eigenvalue weighted by molar-refractivity contribution is 0.187. The summed E-state index contributed by atoms with van der Waals surface area (Å²) in [5, 5.41) is 0. The van der Waals surface area contributed by atoms with Gasteiger partial charge in [-0.15, -0.1) is 0 Å². The molecule has 0 radical (unpaired) electrons. The zero-order chi connectivity index (χ0) is 17.7. The van der Waals surface area contributed by atoms with Gasteiger partial charge < -0.3 is 5.73 Å². The van der Waals surface area contributed by atoms with Gasteiger partial charge in [-0.1, -0.05) is 18.2 Å². The van der Waals surface area contributed by atoms with E-state index in [9.17, 15) is 22.0 Å². The van der Waals surface area contributed by atoms with Crippen molar-refractivity contribution in [2.75, 3.05) is 0 Å². The van der Waals surface area contributed by atoms with Crippen molar-refractivity contribution in [2.24, 2.45) is 10.7 Å². The second kappa shape index (κ2) is 7.72. The molecule has 126 valence electrons. The van der Waals surface area contributed by atoms with Crippen molar-refractivity contribution in [2.45, 2.75) is 12.8 Å². The van der Waals surface area contributed by atoms with Crippen LogP contribution < -0.4 is 5.73 Å². The quantitative estimate of drug-likeness (QED) is 0.485. The van der Waals surface area contributed by atoms with Crippen LogP contribution in [0.5, 0.6) is 0 Å². The standard InChI is InChI=1S/C17H13F5N2/c18-13-7-10(8-14(19)15(13)20)6-11(16(23)17(21)22)9-24-12-4-2-1-3-5-12/h1-5,7-9,17H,6,23H2/b16-11-,24-9?. The lowest BCUT2D eigenvalue weighted by Crippen LogP contribution is -2.14. The van der Waals surface area contributed by atoms with Crippen molar-refractivity contribution in [3.8, 4) is 0 Å². The zero-order valence-corrected chi connectivity index (χ0v) is 12.3. The number of alkyl halides is 2. The van der Waals surface area contributed by atoms with Crippen LogP contribution in [0.1, 0.15) is 5.56 Å². The SMILES string of the molecule is N/C(=C(\C=Nc1ccccc1)Cc1cc(F)c(F)c(F)c1)C(F)F. The molecule has 0 amide bonds. The van der Waals surface area contributed by atoms with Crippen LogP contribution in [0.2, 0.25) is 0 Å². The van der Waals surface area contributed by atoms with Crippen LogP contribution in [0.3, 0.4) is 0 Å². The van der Waals surface area contributed by atoms with Crippen LogP contribution in [0.4, 0.5) is 27.6 Å². The minimum Gasteiger partial charge on any atom is -0.397 e. The minimum absolute atomic E-state index is 0.0375. The predicted molar refractivity (Wildman–Crippen MR) is 81.8 cm³/mol. The molecule has 0 saturated heterocycles. The summed E-state index contributed by atoms with van der Waals surface area (Å²) in [7, 11) is 0. The lowest BCUT2D eigenvalue weighted by Gasteiger charge is -2.09. The maximum atomic E-state index is 13.3. The summed E-state index contributed by atoms with van der Waals surface area (Å²) in [6.45, 7) is 0. The Labute approximate surface area is 135 Å². The van der Waals surface area contributed by atoms with Gasteiger partial charge >= 0.3 is 0 Å². The molecule has 2 N–H and O–H groups in total. The summed E-state index contributed by atoms with van der Waals surface area (Å²) >= 11 is 0.